The fourth-order valence-corrected chi connectivity index (χ4v) is 3.18. The van der Waals surface area contributed by atoms with Gasteiger partial charge in [-0.1, -0.05) is 29.8 Å². The number of rotatable bonds is 5. The van der Waals surface area contributed by atoms with E-state index in [0.29, 0.717) is 17.1 Å². The molecule has 2 N–H and O–H groups in total. The number of hydrogen-bond acceptors (Lipinski definition) is 4. The number of halogens is 1. The summed E-state index contributed by atoms with van der Waals surface area (Å²) in [5, 5.41) is 10.5. The molecule has 7 nitrogen and oxygen atoms in total. The number of benzene rings is 1. The average Bonchev–Trinajstić information content (AvgIpc) is 3.00. The molecule has 1 aromatic heterocycles. The summed E-state index contributed by atoms with van der Waals surface area (Å²) in [6, 6.07) is 6.46. The number of nitrogens with one attached hydrogen (secondary N) is 2. The maximum Gasteiger partial charge on any atom is 0.251 e. The van der Waals surface area contributed by atoms with Gasteiger partial charge in [0.05, 0.1) is 11.7 Å². The topological polar surface area (TPSA) is 85.2 Å². The van der Waals surface area contributed by atoms with Gasteiger partial charge in [-0.3, -0.25) is 14.3 Å². The highest BCUT2D eigenvalue weighted by atomic mass is 35.5. The van der Waals surface area contributed by atoms with Crippen molar-refractivity contribution in [3.05, 3.63) is 52.3 Å². The van der Waals surface area contributed by atoms with E-state index < -0.39 is 12.1 Å². The van der Waals surface area contributed by atoms with Crippen LogP contribution in [-0.2, 0) is 27.4 Å². The zero-order chi connectivity index (χ0) is 18.7. The first-order valence-electron chi connectivity index (χ1n) is 8.45. The van der Waals surface area contributed by atoms with Gasteiger partial charge in [-0.05, 0) is 25.5 Å². The van der Waals surface area contributed by atoms with Crippen molar-refractivity contribution < 1.29 is 14.3 Å². The van der Waals surface area contributed by atoms with E-state index >= 15 is 0 Å². The lowest BCUT2D eigenvalue weighted by atomic mass is 9.99. The lowest BCUT2D eigenvalue weighted by Gasteiger charge is -2.32. The smallest absolute Gasteiger partial charge is 0.251 e. The molecular formula is C18H21ClN4O3. The van der Waals surface area contributed by atoms with Crippen LogP contribution in [0.5, 0.6) is 0 Å². The van der Waals surface area contributed by atoms with E-state index in [1.165, 1.54) is 0 Å². The maximum absolute atomic E-state index is 12.7. The zero-order valence-corrected chi connectivity index (χ0v) is 15.4. The second kappa shape index (κ2) is 7.88. The van der Waals surface area contributed by atoms with Crippen molar-refractivity contribution in [1.82, 2.24) is 20.4 Å². The Morgan fingerprint density at radius 1 is 1.46 bits per heavy atom. The van der Waals surface area contributed by atoms with E-state index in [4.69, 9.17) is 16.3 Å². The monoisotopic (exact) mass is 376 g/mol. The molecule has 2 amide bonds. The van der Waals surface area contributed by atoms with Crippen LogP contribution >= 0.6 is 11.6 Å². The second-order valence-electron chi connectivity index (χ2n) is 6.11. The van der Waals surface area contributed by atoms with Gasteiger partial charge in [-0.2, -0.15) is 5.10 Å². The number of carbonyl (C=O) groups is 2. The van der Waals surface area contributed by atoms with Gasteiger partial charge in [0.2, 0.25) is 5.91 Å². The van der Waals surface area contributed by atoms with Gasteiger partial charge in [0.25, 0.3) is 5.91 Å². The Hall–Kier alpha value is -2.38. The van der Waals surface area contributed by atoms with Crippen molar-refractivity contribution in [2.45, 2.75) is 39.1 Å². The minimum Gasteiger partial charge on any atom is -0.356 e. The first-order chi connectivity index (χ1) is 12.5. The highest BCUT2D eigenvalue weighted by molar-refractivity contribution is 6.31. The van der Waals surface area contributed by atoms with Gasteiger partial charge < -0.3 is 15.4 Å². The third kappa shape index (κ3) is 3.89. The van der Waals surface area contributed by atoms with Crippen LogP contribution in [-0.4, -0.2) is 34.3 Å². The molecule has 0 spiro atoms. The SMILES string of the molecule is CCn1cc(CNC(=O)[C@H]2OCC(=O)N[C@@H]2c2ccccc2Cl)c(C)n1. The van der Waals surface area contributed by atoms with Crippen LogP contribution < -0.4 is 10.6 Å². The molecule has 1 aliphatic heterocycles. The normalized spacial score (nSPS) is 19.9. The highest BCUT2D eigenvalue weighted by Crippen LogP contribution is 2.28. The molecule has 3 rings (SSSR count). The number of hydrogen-bond donors (Lipinski definition) is 2. The number of aromatic nitrogens is 2. The average molecular weight is 377 g/mol. The van der Waals surface area contributed by atoms with Crippen molar-refractivity contribution >= 4 is 23.4 Å². The minimum absolute atomic E-state index is 0.161. The van der Waals surface area contributed by atoms with Crippen LogP contribution in [0.25, 0.3) is 0 Å². The molecule has 8 heteroatoms. The molecule has 2 aromatic rings. The molecule has 1 saturated heterocycles. The summed E-state index contributed by atoms with van der Waals surface area (Å²) in [5.41, 5.74) is 2.46. The van der Waals surface area contributed by atoms with Crippen LogP contribution in [0.3, 0.4) is 0 Å². The summed E-state index contributed by atoms with van der Waals surface area (Å²) in [7, 11) is 0. The predicted molar refractivity (Wildman–Crippen MR) is 96.6 cm³/mol. The molecular weight excluding hydrogens is 356 g/mol. The Bertz CT molecular complexity index is 821. The van der Waals surface area contributed by atoms with E-state index in [9.17, 15) is 9.59 Å². The van der Waals surface area contributed by atoms with E-state index in [0.717, 1.165) is 17.8 Å². The first kappa shape index (κ1) is 18.4. The van der Waals surface area contributed by atoms with Crippen LogP contribution in [0.4, 0.5) is 0 Å². The molecule has 1 fully saturated rings. The molecule has 0 bridgehead atoms. The number of nitrogens with zero attached hydrogens (tertiary/aromatic N) is 2. The predicted octanol–water partition coefficient (Wildman–Crippen LogP) is 1.74. The summed E-state index contributed by atoms with van der Waals surface area (Å²) in [6.45, 7) is 4.85. The van der Waals surface area contributed by atoms with Gasteiger partial charge >= 0.3 is 0 Å². The van der Waals surface area contributed by atoms with Gasteiger partial charge in [0, 0.05) is 29.9 Å². The zero-order valence-electron chi connectivity index (χ0n) is 14.7. The molecule has 0 saturated carbocycles. The van der Waals surface area contributed by atoms with Crippen molar-refractivity contribution in [3.63, 3.8) is 0 Å². The molecule has 0 radical (unpaired) electrons. The Kier molecular flexibility index (Phi) is 5.58. The quantitative estimate of drug-likeness (QED) is 0.832. The molecule has 0 unspecified atom stereocenters. The van der Waals surface area contributed by atoms with Crippen LogP contribution in [0.15, 0.2) is 30.5 Å². The fourth-order valence-electron chi connectivity index (χ4n) is 2.93. The Labute approximate surface area is 156 Å². The third-order valence-corrected chi connectivity index (χ3v) is 4.68. The van der Waals surface area contributed by atoms with Gasteiger partial charge in [0.1, 0.15) is 6.61 Å². The Morgan fingerprint density at radius 2 is 2.23 bits per heavy atom. The lowest BCUT2D eigenvalue weighted by Crippen LogP contribution is -2.52. The van der Waals surface area contributed by atoms with E-state index in [1.807, 2.05) is 24.7 Å². The van der Waals surface area contributed by atoms with E-state index in [1.54, 1.807) is 24.3 Å². The van der Waals surface area contributed by atoms with E-state index in [2.05, 4.69) is 15.7 Å². The van der Waals surface area contributed by atoms with Crippen LogP contribution in [0.2, 0.25) is 5.02 Å². The molecule has 0 aliphatic carbocycles. The Balaban J connectivity index is 1.74. The van der Waals surface area contributed by atoms with Crippen molar-refractivity contribution in [2.24, 2.45) is 0 Å². The minimum atomic E-state index is -0.853. The van der Waals surface area contributed by atoms with Crippen LogP contribution in [0, 0.1) is 6.92 Å². The fraction of sp³-hybridized carbons (Fsp3) is 0.389. The number of aryl methyl sites for hydroxylation is 2. The summed E-state index contributed by atoms with van der Waals surface area (Å²) < 4.78 is 7.34. The molecule has 1 aromatic carbocycles. The van der Waals surface area contributed by atoms with Crippen molar-refractivity contribution in [2.75, 3.05) is 6.61 Å². The van der Waals surface area contributed by atoms with Crippen LogP contribution in [0.1, 0.15) is 29.8 Å². The number of morpholine rings is 1. The molecule has 1 aliphatic rings. The lowest BCUT2D eigenvalue weighted by molar-refractivity contribution is -0.148. The number of carbonyl (C=O) groups excluding carboxylic acids is 2. The third-order valence-electron chi connectivity index (χ3n) is 4.34. The van der Waals surface area contributed by atoms with Crippen molar-refractivity contribution in [1.29, 1.82) is 0 Å². The Morgan fingerprint density at radius 3 is 2.92 bits per heavy atom. The summed E-state index contributed by atoms with van der Waals surface area (Å²) in [5.74, 6) is -0.586. The number of ether oxygens (including phenoxy) is 1. The second-order valence-corrected chi connectivity index (χ2v) is 6.52. The first-order valence-corrected chi connectivity index (χ1v) is 8.83. The molecule has 138 valence electrons. The van der Waals surface area contributed by atoms with E-state index in [-0.39, 0.29) is 18.4 Å². The molecule has 2 heterocycles. The van der Waals surface area contributed by atoms with Gasteiger partial charge in [-0.15, -0.1) is 0 Å². The summed E-state index contributed by atoms with van der Waals surface area (Å²) >= 11 is 6.24. The summed E-state index contributed by atoms with van der Waals surface area (Å²) in [6.07, 6.45) is 1.05. The summed E-state index contributed by atoms with van der Waals surface area (Å²) in [4.78, 5) is 24.5. The standard InChI is InChI=1S/C18H21ClN4O3/c1-3-23-9-12(11(2)22-23)8-20-18(25)17-16(21-15(24)10-26-17)13-6-4-5-7-14(13)19/h4-7,9,16-17H,3,8,10H2,1-2H3,(H,20,25)(H,21,24)/t16-,17+/m1/s1. The molecule has 2 atom stereocenters. The maximum atomic E-state index is 12.7. The highest BCUT2D eigenvalue weighted by Gasteiger charge is 2.36. The van der Waals surface area contributed by atoms with Gasteiger partial charge in [0.15, 0.2) is 6.10 Å². The van der Waals surface area contributed by atoms with Crippen molar-refractivity contribution in [3.8, 4) is 0 Å². The molecule has 26 heavy (non-hydrogen) atoms. The number of amides is 2. The van der Waals surface area contributed by atoms with Gasteiger partial charge in [-0.25, -0.2) is 0 Å². The largest absolute Gasteiger partial charge is 0.356 e.